The summed E-state index contributed by atoms with van der Waals surface area (Å²) in [6, 6.07) is 7.57. The van der Waals surface area contributed by atoms with Gasteiger partial charge >= 0.3 is 5.97 Å². The summed E-state index contributed by atoms with van der Waals surface area (Å²) in [6.45, 7) is 1.86. The van der Waals surface area contributed by atoms with Gasteiger partial charge in [0.2, 0.25) is 0 Å². The van der Waals surface area contributed by atoms with Crippen molar-refractivity contribution in [2.24, 2.45) is 0 Å². The Morgan fingerprint density at radius 2 is 2.10 bits per heavy atom. The predicted molar refractivity (Wildman–Crippen MR) is 90.7 cm³/mol. The molecular formula is C14H12BrNO3S2. The van der Waals surface area contributed by atoms with Crippen LogP contribution in [0.1, 0.15) is 12.5 Å². The lowest BCUT2D eigenvalue weighted by atomic mass is 10.2. The molecule has 1 heterocycles. The molecule has 2 rings (SSSR count). The van der Waals surface area contributed by atoms with Gasteiger partial charge in [0.15, 0.2) is 0 Å². The number of ether oxygens (including phenoxy) is 1. The Labute approximate surface area is 140 Å². The molecule has 7 heteroatoms. The first-order valence-electron chi connectivity index (χ1n) is 6.18. The molecule has 0 atom stereocenters. The van der Waals surface area contributed by atoms with Gasteiger partial charge in [-0.1, -0.05) is 52.0 Å². The van der Waals surface area contributed by atoms with Gasteiger partial charge in [0, 0.05) is 4.47 Å². The summed E-state index contributed by atoms with van der Waals surface area (Å²) < 4.78 is 6.18. The third kappa shape index (κ3) is 4.15. The topological polar surface area (TPSA) is 46.6 Å². The molecule has 1 amide bonds. The SMILES string of the molecule is CCOC(=O)CN1C(=O)/C(=C/c2ccc(Br)cc2)SC1=S. The van der Waals surface area contributed by atoms with Crippen molar-refractivity contribution in [1.82, 2.24) is 4.90 Å². The molecule has 0 aromatic heterocycles. The van der Waals surface area contributed by atoms with E-state index < -0.39 is 5.97 Å². The average Bonchev–Trinajstić information content (AvgIpc) is 2.69. The van der Waals surface area contributed by atoms with E-state index in [0.29, 0.717) is 9.23 Å². The zero-order valence-electron chi connectivity index (χ0n) is 11.2. The number of halogens is 1. The lowest BCUT2D eigenvalue weighted by Crippen LogP contribution is -2.34. The summed E-state index contributed by atoms with van der Waals surface area (Å²) >= 11 is 9.69. The third-order valence-electron chi connectivity index (χ3n) is 2.63. The summed E-state index contributed by atoms with van der Waals surface area (Å²) in [5.41, 5.74) is 0.898. The highest BCUT2D eigenvalue weighted by Gasteiger charge is 2.33. The van der Waals surface area contributed by atoms with E-state index in [1.165, 1.54) is 16.7 Å². The van der Waals surface area contributed by atoms with Crippen molar-refractivity contribution in [3.63, 3.8) is 0 Å². The summed E-state index contributed by atoms with van der Waals surface area (Å²) in [7, 11) is 0. The highest BCUT2D eigenvalue weighted by Crippen LogP contribution is 2.32. The van der Waals surface area contributed by atoms with Gasteiger partial charge in [-0.05, 0) is 30.7 Å². The standard InChI is InChI=1S/C14H12BrNO3S2/c1-2-19-12(17)8-16-13(18)11(21-14(16)20)7-9-3-5-10(15)6-4-9/h3-7H,2,8H2,1H3/b11-7-. The summed E-state index contributed by atoms with van der Waals surface area (Å²) in [5, 5.41) is 0. The number of benzene rings is 1. The van der Waals surface area contributed by atoms with Crippen LogP contribution < -0.4 is 0 Å². The number of thiocarbonyl (C=S) groups is 1. The van der Waals surface area contributed by atoms with Gasteiger partial charge in [0.25, 0.3) is 5.91 Å². The van der Waals surface area contributed by atoms with Gasteiger partial charge < -0.3 is 4.74 Å². The predicted octanol–water partition coefficient (Wildman–Crippen LogP) is 3.21. The van der Waals surface area contributed by atoms with E-state index in [0.717, 1.165) is 10.0 Å². The first-order valence-corrected chi connectivity index (χ1v) is 8.19. The molecule has 0 saturated carbocycles. The number of carbonyl (C=O) groups is 2. The Kier molecular flexibility index (Phi) is 5.55. The van der Waals surface area contributed by atoms with Gasteiger partial charge in [0.05, 0.1) is 11.5 Å². The minimum Gasteiger partial charge on any atom is -0.465 e. The zero-order valence-corrected chi connectivity index (χ0v) is 14.4. The zero-order chi connectivity index (χ0) is 15.4. The van der Waals surface area contributed by atoms with Gasteiger partial charge in [-0.3, -0.25) is 14.5 Å². The van der Waals surface area contributed by atoms with Crippen molar-refractivity contribution >= 4 is 62.2 Å². The van der Waals surface area contributed by atoms with Crippen LogP contribution in [0.3, 0.4) is 0 Å². The fourth-order valence-electron chi connectivity index (χ4n) is 1.68. The molecule has 1 aromatic rings. The normalized spacial score (nSPS) is 16.7. The lowest BCUT2D eigenvalue weighted by molar-refractivity contribution is -0.145. The molecule has 0 aliphatic carbocycles. The Bertz CT molecular complexity index is 613. The second-order valence-corrected chi connectivity index (χ2v) is 6.72. The molecule has 1 saturated heterocycles. The Hall–Kier alpha value is -1.18. The molecule has 21 heavy (non-hydrogen) atoms. The first-order chi connectivity index (χ1) is 10.0. The molecule has 1 fully saturated rings. The Morgan fingerprint density at radius 1 is 1.43 bits per heavy atom. The van der Waals surface area contributed by atoms with E-state index in [1.807, 2.05) is 24.3 Å². The van der Waals surface area contributed by atoms with Gasteiger partial charge in [-0.15, -0.1) is 0 Å². The quantitative estimate of drug-likeness (QED) is 0.452. The second kappa shape index (κ2) is 7.20. The number of carbonyl (C=O) groups excluding carboxylic acids is 2. The highest BCUT2D eigenvalue weighted by molar-refractivity contribution is 9.10. The molecule has 0 spiro atoms. The number of hydrogen-bond acceptors (Lipinski definition) is 5. The molecule has 0 N–H and O–H groups in total. The number of amides is 1. The molecule has 1 aliphatic heterocycles. The highest BCUT2D eigenvalue weighted by atomic mass is 79.9. The maximum absolute atomic E-state index is 12.3. The summed E-state index contributed by atoms with van der Waals surface area (Å²) in [5.74, 6) is -0.723. The molecular weight excluding hydrogens is 374 g/mol. The van der Waals surface area contributed by atoms with Crippen LogP contribution in [0.4, 0.5) is 0 Å². The minimum absolute atomic E-state index is 0.143. The number of esters is 1. The number of hydrogen-bond donors (Lipinski definition) is 0. The average molecular weight is 386 g/mol. The summed E-state index contributed by atoms with van der Waals surface area (Å²) in [6.07, 6.45) is 1.76. The largest absolute Gasteiger partial charge is 0.465 e. The molecule has 0 unspecified atom stereocenters. The molecule has 110 valence electrons. The van der Waals surface area contributed by atoms with E-state index in [1.54, 1.807) is 13.0 Å². The van der Waals surface area contributed by atoms with Crippen molar-refractivity contribution in [2.45, 2.75) is 6.92 Å². The molecule has 0 radical (unpaired) electrons. The van der Waals surface area contributed by atoms with E-state index in [-0.39, 0.29) is 19.1 Å². The first kappa shape index (κ1) is 16.2. The van der Waals surface area contributed by atoms with E-state index in [9.17, 15) is 9.59 Å². The van der Waals surface area contributed by atoms with Crippen LogP contribution in [-0.4, -0.2) is 34.2 Å². The fraction of sp³-hybridized carbons (Fsp3) is 0.214. The van der Waals surface area contributed by atoms with Crippen LogP contribution in [-0.2, 0) is 14.3 Å². The van der Waals surface area contributed by atoms with Crippen LogP contribution in [0.25, 0.3) is 6.08 Å². The third-order valence-corrected chi connectivity index (χ3v) is 4.54. The van der Waals surface area contributed by atoms with Crippen LogP contribution in [0, 0.1) is 0 Å². The number of rotatable bonds is 4. The Morgan fingerprint density at radius 3 is 2.71 bits per heavy atom. The number of thioether (sulfide) groups is 1. The molecule has 1 aromatic carbocycles. The van der Waals surface area contributed by atoms with Crippen LogP contribution in [0.2, 0.25) is 0 Å². The molecule has 4 nitrogen and oxygen atoms in total. The monoisotopic (exact) mass is 385 g/mol. The molecule has 0 bridgehead atoms. The van der Waals surface area contributed by atoms with Gasteiger partial charge in [0.1, 0.15) is 10.9 Å². The van der Waals surface area contributed by atoms with Crippen molar-refractivity contribution in [2.75, 3.05) is 13.2 Å². The van der Waals surface area contributed by atoms with Gasteiger partial charge in [-0.2, -0.15) is 0 Å². The van der Waals surface area contributed by atoms with Crippen molar-refractivity contribution in [3.05, 3.63) is 39.2 Å². The lowest BCUT2D eigenvalue weighted by Gasteiger charge is -2.12. The van der Waals surface area contributed by atoms with Crippen LogP contribution in [0.5, 0.6) is 0 Å². The fourth-order valence-corrected chi connectivity index (χ4v) is 3.20. The van der Waals surface area contributed by atoms with Gasteiger partial charge in [-0.25, -0.2) is 0 Å². The van der Waals surface area contributed by atoms with Crippen LogP contribution >= 0.6 is 39.9 Å². The maximum Gasteiger partial charge on any atom is 0.326 e. The second-order valence-electron chi connectivity index (χ2n) is 4.12. The van der Waals surface area contributed by atoms with E-state index >= 15 is 0 Å². The van der Waals surface area contributed by atoms with E-state index in [2.05, 4.69) is 15.9 Å². The van der Waals surface area contributed by atoms with E-state index in [4.69, 9.17) is 17.0 Å². The Balaban J connectivity index is 2.13. The summed E-state index contributed by atoms with van der Waals surface area (Å²) in [4.78, 5) is 25.5. The molecule has 1 aliphatic rings. The minimum atomic E-state index is -0.460. The maximum atomic E-state index is 12.3. The smallest absolute Gasteiger partial charge is 0.326 e. The van der Waals surface area contributed by atoms with Crippen molar-refractivity contribution < 1.29 is 14.3 Å². The number of nitrogens with zero attached hydrogens (tertiary/aromatic N) is 1. The van der Waals surface area contributed by atoms with Crippen LogP contribution in [0.15, 0.2) is 33.6 Å². The van der Waals surface area contributed by atoms with Crippen molar-refractivity contribution in [3.8, 4) is 0 Å². The van der Waals surface area contributed by atoms with Crippen molar-refractivity contribution in [1.29, 1.82) is 0 Å².